The van der Waals surface area contributed by atoms with E-state index in [2.05, 4.69) is 24.5 Å². The van der Waals surface area contributed by atoms with Crippen molar-refractivity contribution in [3.05, 3.63) is 36.1 Å². The lowest BCUT2D eigenvalue weighted by Crippen LogP contribution is -2.24. The highest BCUT2D eigenvalue weighted by molar-refractivity contribution is 5.77. The second-order valence-corrected chi connectivity index (χ2v) is 5.05. The van der Waals surface area contributed by atoms with E-state index in [1.54, 1.807) is 0 Å². The number of hydroxylamine groups is 1. The van der Waals surface area contributed by atoms with E-state index in [0.717, 1.165) is 16.7 Å². The van der Waals surface area contributed by atoms with Gasteiger partial charge in [-0.3, -0.25) is 4.84 Å². The van der Waals surface area contributed by atoms with Crippen LogP contribution in [0.2, 0.25) is 0 Å². The summed E-state index contributed by atoms with van der Waals surface area (Å²) in [5.74, 6) is 0.925. The second kappa shape index (κ2) is 5.12. The molecule has 3 nitrogen and oxygen atoms in total. The van der Waals surface area contributed by atoms with Crippen LogP contribution in [0, 0.1) is 0 Å². The van der Waals surface area contributed by atoms with Crippen LogP contribution in [0.25, 0.3) is 11.0 Å². The Morgan fingerprint density at radius 2 is 2.06 bits per heavy atom. The molecule has 1 aromatic heterocycles. The SMILES string of the molecule is CC(NOC1CCCC1)c1cc2ccccc2o1. The first kappa shape index (κ1) is 11.8. The van der Waals surface area contributed by atoms with Gasteiger partial charge in [0.15, 0.2) is 0 Å². The van der Waals surface area contributed by atoms with Gasteiger partial charge in [-0.2, -0.15) is 5.48 Å². The van der Waals surface area contributed by atoms with Crippen molar-refractivity contribution in [3.63, 3.8) is 0 Å². The lowest BCUT2D eigenvalue weighted by atomic mass is 10.2. The van der Waals surface area contributed by atoms with E-state index in [-0.39, 0.29) is 6.04 Å². The maximum Gasteiger partial charge on any atom is 0.134 e. The lowest BCUT2D eigenvalue weighted by Gasteiger charge is -2.15. The maximum atomic E-state index is 5.80. The molecule has 0 aliphatic heterocycles. The van der Waals surface area contributed by atoms with Gasteiger partial charge in [0, 0.05) is 5.39 Å². The van der Waals surface area contributed by atoms with Crippen LogP contribution in [0.1, 0.15) is 44.4 Å². The largest absolute Gasteiger partial charge is 0.459 e. The number of para-hydroxylation sites is 1. The van der Waals surface area contributed by atoms with Crippen LogP contribution in [0.5, 0.6) is 0 Å². The van der Waals surface area contributed by atoms with Crippen LogP contribution < -0.4 is 5.48 Å². The number of rotatable bonds is 4. The van der Waals surface area contributed by atoms with Crippen molar-refractivity contribution in [2.45, 2.75) is 44.8 Å². The number of nitrogens with one attached hydrogen (secondary N) is 1. The Kier molecular flexibility index (Phi) is 3.35. The lowest BCUT2D eigenvalue weighted by molar-refractivity contribution is -0.0406. The van der Waals surface area contributed by atoms with Gasteiger partial charge in [0.2, 0.25) is 0 Å². The first-order valence-electron chi connectivity index (χ1n) is 6.72. The Bertz CT molecular complexity index is 481. The van der Waals surface area contributed by atoms with Crippen molar-refractivity contribution in [1.29, 1.82) is 0 Å². The zero-order valence-electron chi connectivity index (χ0n) is 10.7. The summed E-state index contributed by atoms with van der Waals surface area (Å²) in [6.07, 6.45) is 5.27. The smallest absolute Gasteiger partial charge is 0.134 e. The Balaban J connectivity index is 1.65. The van der Waals surface area contributed by atoms with Crippen molar-refractivity contribution >= 4 is 11.0 Å². The topological polar surface area (TPSA) is 34.4 Å². The average molecular weight is 245 g/mol. The normalized spacial score (nSPS) is 18.5. The van der Waals surface area contributed by atoms with E-state index >= 15 is 0 Å². The molecule has 1 aliphatic rings. The number of benzene rings is 1. The zero-order chi connectivity index (χ0) is 12.4. The summed E-state index contributed by atoms with van der Waals surface area (Å²) in [6, 6.07) is 10.2. The van der Waals surface area contributed by atoms with Crippen molar-refractivity contribution in [2.24, 2.45) is 0 Å². The molecule has 1 aromatic carbocycles. The standard InChI is InChI=1S/C15H19NO2/c1-11(16-18-13-7-3-4-8-13)15-10-12-6-2-5-9-14(12)17-15/h2,5-6,9-11,13,16H,3-4,7-8H2,1H3. The van der Waals surface area contributed by atoms with Crippen LogP contribution in [-0.4, -0.2) is 6.10 Å². The zero-order valence-corrected chi connectivity index (χ0v) is 10.7. The van der Waals surface area contributed by atoms with E-state index in [9.17, 15) is 0 Å². The quantitative estimate of drug-likeness (QED) is 0.828. The highest BCUT2D eigenvalue weighted by Crippen LogP contribution is 2.25. The van der Waals surface area contributed by atoms with Crippen molar-refractivity contribution in [1.82, 2.24) is 5.48 Å². The molecule has 0 radical (unpaired) electrons. The van der Waals surface area contributed by atoms with Gasteiger partial charge < -0.3 is 4.42 Å². The third kappa shape index (κ3) is 2.42. The molecule has 0 saturated heterocycles. The predicted molar refractivity (Wildman–Crippen MR) is 71.1 cm³/mol. The first-order chi connectivity index (χ1) is 8.83. The molecule has 96 valence electrons. The van der Waals surface area contributed by atoms with E-state index in [0.29, 0.717) is 6.10 Å². The number of hydrogen-bond acceptors (Lipinski definition) is 3. The molecular weight excluding hydrogens is 226 g/mol. The Hall–Kier alpha value is -1.32. The summed E-state index contributed by atoms with van der Waals surface area (Å²) in [5.41, 5.74) is 4.04. The molecule has 1 saturated carbocycles. The maximum absolute atomic E-state index is 5.80. The Morgan fingerprint density at radius 3 is 2.83 bits per heavy atom. The highest BCUT2D eigenvalue weighted by atomic mass is 16.7. The van der Waals surface area contributed by atoms with Gasteiger partial charge in [-0.15, -0.1) is 0 Å². The van der Waals surface area contributed by atoms with Gasteiger partial charge in [-0.1, -0.05) is 31.0 Å². The van der Waals surface area contributed by atoms with Crippen molar-refractivity contribution in [3.8, 4) is 0 Å². The molecule has 0 bridgehead atoms. The average Bonchev–Trinajstić information content (AvgIpc) is 3.04. The molecular formula is C15H19NO2. The number of hydrogen-bond donors (Lipinski definition) is 1. The van der Waals surface area contributed by atoms with Gasteiger partial charge in [-0.25, -0.2) is 0 Å². The molecule has 1 aliphatic carbocycles. The van der Waals surface area contributed by atoms with Crippen LogP contribution in [-0.2, 0) is 4.84 Å². The number of fused-ring (bicyclic) bond motifs is 1. The summed E-state index contributed by atoms with van der Waals surface area (Å²) < 4.78 is 5.80. The summed E-state index contributed by atoms with van der Waals surface area (Å²) in [4.78, 5) is 5.71. The highest BCUT2D eigenvalue weighted by Gasteiger charge is 2.18. The molecule has 1 fully saturated rings. The summed E-state index contributed by atoms with van der Waals surface area (Å²) in [5, 5.41) is 1.14. The predicted octanol–water partition coefficient (Wildman–Crippen LogP) is 3.96. The van der Waals surface area contributed by atoms with Crippen LogP contribution >= 0.6 is 0 Å². The van der Waals surface area contributed by atoms with Gasteiger partial charge in [0.1, 0.15) is 11.3 Å². The van der Waals surface area contributed by atoms with E-state index in [4.69, 9.17) is 9.25 Å². The molecule has 1 heterocycles. The fourth-order valence-electron chi connectivity index (χ4n) is 2.48. The van der Waals surface area contributed by atoms with Gasteiger partial charge >= 0.3 is 0 Å². The van der Waals surface area contributed by atoms with Crippen molar-refractivity contribution < 1.29 is 9.25 Å². The van der Waals surface area contributed by atoms with Crippen LogP contribution in [0.3, 0.4) is 0 Å². The second-order valence-electron chi connectivity index (χ2n) is 5.05. The van der Waals surface area contributed by atoms with E-state index < -0.39 is 0 Å². The minimum atomic E-state index is 0.0815. The Labute approximate surface area is 107 Å². The van der Waals surface area contributed by atoms with Gasteiger partial charge in [-0.05, 0) is 31.9 Å². The molecule has 2 aromatic rings. The summed E-state index contributed by atoms with van der Waals surface area (Å²) in [6.45, 7) is 2.06. The molecule has 1 unspecified atom stereocenters. The molecule has 1 atom stereocenters. The monoisotopic (exact) mass is 245 g/mol. The van der Waals surface area contributed by atoms with Crippen LogP contribution in [0.15, 0.2) is 34.7 Å². The van der Waals surface area contributed by atoms with E-state index in [1.165, 1.54) is 25.7 Å². The Morgan fingerprint density at radius 1 is 1.28 bits per heavy atom. The molecule has 1 N–H and O–H groups in total. The third-order valence-corrected chi connectivity index (χ3v) is 3.59. The van der Waals surface area contributed by atoms with E-state index in [1.807, 2.05) is 18.2 Å². The molecule has 3 rings (SSSR count). The molecule has 18 heavy (non-hydrogen) atoms. The minimum Gasteiger partial charge on any atom is -0.459 e. The molecule has 0 spiro atoms. The van der Waals surface area contributed by atoms with Crippen LogP contribution in [0.4, 0.5) is 0 Å². The minimum absolute atomic E-state index is 0.0815. The summed E-state index contributed by atoms with van der Waals surface area (Å²) in [7, 11) is 0. The van der Waals surface area contributed by atoms with Crippen molar-refractivity contribution in [2.75, 3.05) is 0 Å². The fourth-order valence-corrected chi connectivity index (χ4v) is 2.48. The third-order valence-electron chi connectivity index (χ3n) is 3.59. The van der Waals surface area contributed by atoms with Gasteiger partial charge in [0.25, 0.3) is 0 Å². The fraction of sp³-hybridized carbons (Fsp3) is 0.467. The molecule has 0 amide bonds. The number of furan rings is 1. The first-order valence-corrected chi connectivity index (χ1v) is 6.72. The summed E-state index contributed by atoms with van der Waals surface area (Å²) >= 11 is 0. The van der Waals surface area contributed by atoms with Gasteiger partial charge in [0.05, 0.1) is 12.1 Å². The molecule has 3 heteroatoms.